The third-order valence-electron chi connectivity index (χ3n) is 4.39. The van der Waals surface area contributed by atoms with Crippen LogP contribution in [-0.2, 0) is 18.0 Å². The lowest BCUT2D eigenvalue weighted by Gasteiger charge is -2.25. The van der Waals surface area contributed by atoms with Gasteiger partial charge in [0, 0.05) is 27.2 Å². The van der Waals surface area contributed by atoms with Gasteiger partial charge in [0.05, 0.1) is 17.6 Å². The van der Waals surface area contributed by atoms with Crippen LogP contribution in [0.5, 0.6) is 0 Å². The van der Waals surface area contributed by atoms with Crippen molar-refractivity contribution in [2.75, 3.05) is 20.6 Å². The van der Waals surface area contributed by atoms with Crippen LogP contribution in [-0.4, -0.2) is 56.7 Å². The molecule has 2 aromatic heterocycles. The fraction of sp³-hybridized carbons (Fsp3) is 0.562. The molecule has 3 heterocycles. The monoisotopic (exact) mass is 365 g/mol. The molecule has 6 nitrogen and oxygen atoms in total. The molecule has 1 amide bonds. The third-order valence-corrected chi connectivity index (χ3v) is 5.68. The number of rotatable bonds is 5. The number of likely N-dealkylation sites (N-methyl/N-ethyl adjacent to an activating group) is 1. The number of carbonyl (C=O) groups is 1. The highest BCUT2D eigenvalue weighted by Gasteiger charge is 2.32. The van der Waals surface area contributed by atoms with Crippen LogP contribution in [0.25, 0.3) is 10.7 Å². The van der Waals surface area contributed by atoms with Crippen molar-refractivity contribution >= 4 is 29.5 Å². The number of aromatic nitrogens is 3. The van der Waals surface area contributed by atoms with Crippen LogP contribution in [0.1, 0.15) is 19.8 Å². The van der Waals surface area contributed by atoms with E-state index in [9.17, 15) is 4.79 Å². The number of hydrogen-bond acceptors (Lipinski definition) is 5. The van der Waals surface area contributed by atoms with E-state index < -0.39 is 0 Å². The van der Waals surface area contributed by atoms with Crippen molar-refractivity contribution < 1.29 is 4.79 Å². The SMILES string of the molecule is CCn1c(-c2cccs2)nn(CN2CCC[C@@H]2C(=O)N(C)C)c1=S. The van der Waals surface area contributed by atoms with E-state index in [0.717, 1.165) is 36.6 Å². The number of amides is 1. The van der Waals surface area contributed by atoms with Gasteiger partial charge in [-0.1, -0.05) is 6.07 Å². The van der Waals surface area contributed by atoms with E-state index in [1.165, 1.54) is 0 Å². The van der Waals surface area contributed by atoms with E-state index in [4.69, 9.17) is 17.3 Å². The van der Waals surface area contributed by atoms with Crippen molar-refractivity contribution in [2.24, 2.45) is 0 Å². The summed E-state index contributed by atoms with van der Waals surface area (Å²) in [6.45, 7) is 4.33. The van der Waals surface area contributed by atoms with Crippen LogP contribution in [0.15, 0.2) is 17.5 Å². The molecule has 2 aromatic rings. The Hall–Kier alpha value is -1.51. The molecule has 0 aliphatic carbocycles. The smallest absolute Gasteiger partial charge is 0.239 e. The van der Waals surface area contributed by atoms with Crippen LogP contribution >= 0.6 is 23.6 Å². The lowest BCUT2D eigenvalue weighted by Crippen LogP contribution is -2.43. The number of carbonyl (C=O) groups excluding carboxylic acids is 1. The molecule has 0 spiro atoms. The maximum atomic E-state index is 12.4. The standard InChI is InChI=1S/C16H23N5OS2/c1-4-20-14(13-8-6-10-24-13)17-21(16(20)23)11-19-9-5-7-12(19)15(22)18(2)3/h6,8,10,12H,4-5,7,9,11H2,1-3H3/t12-/m1/s1. The summed E-state index contributed by atoms with van der Waals surface area (Å²) in [7, 11) is 3.62. The molecule has 0 N–H and O–H groups in total. The van der Waals surface area contributed by atoms with Crippen molar-refractivity contribution in [1.29, 1.82) is 0 Å². The molecule has 1 atom stereocenters. The van der Waals surface area contributed by atoms with Gasteiger partial charge in [-0.05, 0) is 43.4 Å². The summed E-state index contributed by atoms with van der Waals surface area (Å²) >= 11 is 7.28. The first-order valence-electron chi connectivity index (χ1n) is 8.19. The lowest BCUT2D eigenvalue weighted by molar-refractivity contribution is -0.134. The molecule has 0 saturated carbocycles. The minimum Gasteiger partial charge on any atom is -0.347 e. The first kappa shape index (κ1) is 17.3. The molecule has 130 valence electrons. The van der Waals surface area contributed by atoms with E-state index in [-0.39, 0.29) is 11.9 Å². The summed E-state index contributed by atoms with van der Waals surface area (Å²) in [4.78, 5) is 17.3. The van der Waals surface area contributed by atoms with Gasteiger partial charge in [-0.2, -0.15) is 0 Å². The summed E-state index contributed by atoms with van der Waals surface area (Å²) in [6.07, 6.45) is 1.93. The Morgan fingerprint density at radius 3 is 2.92 bits per heavy atom. The van der Waals surface area contributed by atoms with Gasteiger partial charge in [-0.15, -0.1) is 16.4 Å². The second-order valence-electron chi connectivity index (χ2n) is 6.17. The first-order chi connectivity index (χ1) is 11.5. The Morgan fingerprint density at radius 2 is 2.29 bits per heavy atom. The zero-order chi connectivity index (χ0) is 17.3. The Labute approximate surface area is 151 Å². The predicted octanol–water partition coefficient (Wildman–Crippen LogP) is 2.67. The van der Waals surface area contributed by atoms with Gasteiger partial charge in [0.15, 0.2) is 10.6 Å². The van der Waals surface area contributed by atoms with Gasteiger partial charge in [0.25, 0.3) is 0 Å². The second kappa shape index (κ2) is 7.16. The van der Waals surface area contributed by atoms with Crippen LogP contribution in [0.4, 0.5) is 0 Å². The van der Waals surface area contributed by atoms with Gasteiger partial charge in [0.2, 0.25) is 5.91 Å². The summed E-state index contributed by atoms with van der Waals surface area (Å²) < 4.78 is 4.62. The van der Waals surface area contributed by atoms with Crippen molar-refractivity contribution in [3.05, 3.63) is 22.3 Å². The molecule has 1 aliphatic rings. The minimum absolute atomic E-state index is 0.0705. The van der Waals surface area contributed by atoms with E-state index in [2.05, 4.69) is 22.5 Å². The van der Waals surface area contributed by atoms with Crippen molar-refractivity contribution in [1.82, 2.24) is 24.1 Å². The normalized spacial score (nSPS) is 18.2. The van der Waals surface area contributed by atoms with Crippen LogP contribution in [0.3, 0.4) is 0 Å². The van der Waals surface area contributed by atoms with E-state index >= 15 is 0 Å². The fourth-order valence-corrected chi connectivity index (χ4v) is 4.18. The molecule has 0 bridgehead atoms. The average Bonchev–Trinajstić information content (AvgIpc) is 3.28. The zero-order valence-electron chi connectivity index (χ0n) is 14.3. The highest BCUT2D eigenvalue weighted by atomic mass is 32.1. The topological polar surface area (TPSA) is 46.3 Å². The maximum absolute atomic E-state index is 12.4. The molecule has 1 fully saturated rings. The van der Waals surface area contributed by atoms with Gasteiger partial charge >= 0.3 is 0 Å². The number of thiophene rings is 1. The Bertz CT molecular complexity index is 762. The lowest BCUT2D eigenvalue weighted by atomic mass is 10.2. The Balaban J connectivity index is 1.88. The number of likely N-dealkylation sites (tertiary alicyclic amines) is 1. The third kappa shape index (κ3) is 3.18. The van der Waals surface area contributed by atoms with Crippen LogP contribution < -0.4 is 0 Å². The van der Waals surface area contributed by atoms with Crippen molar-refractivity contribution in [2.45, 2.75) is 39.0 Å². The molecule has 3 rings (SSSR count). The molecule has 0 radical (unpaired) electrons. The van der Waals surface area contributed by atoms with Gasteiger partial charge in [-0.3, -0.25) is 14.3 Å². The minimum atomic E-state index is -0.0705. The zero-order valence-corrected chi connectivity index (χ0v) is 15.9. The molecular formula is C16H23N5OS2. The van der Waals surface area contributed by atoms with Crippen molar-refractivity contribution in [3.63, 3.8) is 0 Å². The molecule has 24 heavy (non-hydrogen) atoms. The van der Waals surface area contributed by atoms with Gasteiger partial charge < -0.3 is 4.90 Å². The molecule has 1 saturated heterocycles. The number of nitrogens with zero attached hydrogens (tertiary/aromatic N) is 5. The van der Waals surface area contributed by atoms with Crippen LogP contribution in [0.2, 0.25) is 0 Å². The highest BCUT2D eigenvalue weighted by Crippen LogP contribution is 2.25. The maximum Gasteiger partial charge on any atom is 0.239 e. The summed E-state index contributed by atoms with van der Waals surface area (Å²) in [6, 6.07) is 4.01. The molecule has 0 unspecified atom stereocenters. The van der Waals surface area contributed by atoms with Crippen molar-refractivity contribution in [3.8, 4) is 10.7 Å². The van der Waals surface area contributed by atoms with E-state index in [1.54, 1.807) is 16.2 Å². The summed E-state index contributed by atoms with van der Waals surface area (Å²) in [5, 5.41) is 6.79. The van der Waals surface area contributed by atoms with Gasteiger partial charge in [-0.25, -0.2) is 4.68 Å². The Morgan fingerprint density at radius 1 is 1.50 bits per heavy atom. The fourth-order valence-electron chi connectivity index (χ4n) is 3.15. The number of hydrogen-bond donors (Lipinski definition) is 0. The van der Waals surface area contributed by atoms with E-state index in [1.807, 2.05) is 30.2 Å². The first-order valence-corrected chi connectivity index (χ1v) is 9.48. The average molecular weight is 366 g/mol. The summed E-state index contributed by atoms with van der Waals surface area (Å²) in [5.74, 6) is 1.07. The predicted molar refractivity (Wildman–Crippen MR) is 98.5 cm³/mol. The molecule has 8 heteroatoms. The van der Waals surface area contributed by atoms with Crippen LogP contribution in [0, 0.1) is 4.77 Å². The molecular weight excluding hydrogens is 342 g/mol. The Kier molecular flexibility index (Phi) is 5.17. The largest absolute Gasteiger partial charge is 0.347 e. The van der Waals surface area contributed by atoms with Gasteiger partial charge in [0.1, 0.15) is 0 Å². The molecule has 0 aromatic carbocycles. The second-order valence-corrected chi connectivity index (χ2v) is 7.48. The summed E-state index contributed by atoms with van der Waals surface area (Å²) in [5.41, 5.74) is 0. The highest BCUT2D eigenvalue weighted by molar-refractivity contribution is 7.71. The quantitative estimate of drug-likeness (QED) is 0.765. The molecule has 1 aliphatic heterocycles. The van der Waals surface area contributed by atoms with E-state index in [0.29, 0.717) is 11.4 Å².